The van der Waals surface area contributed by atoms with Crippen molar-refractivity contribution in [3.05, 3.63) is 41.7 Å². The van der Waals surface area contributed by atoms with Gasteiger partial charge in [-0.1, -0.05) is 18.2 Å². The van der Waals surface area contributed by atoms with E-state index in [9.17, 15) is 0 Å². The maximum absolute atomic E-state index is 6.92. The van der Waals surface area contributed by atoms with E-state index < -0.39 is 0 Å². The van der Waals surface area contributed by atoms with Crippen LogP contribution in [0.3, 0.4) is 0 Å². The van der Waals surface area contributed by atoms with Crippen LogP contribution in [0.4, 0.5) is 5.69 Å². The lowest BCUT2D eigenvalue weighted by Crippen LogP contribution is -2.36. The topological polar surface area (TPSA) is 7.60 Å². The van der Waals surface area contributed by atoms with E-state index in [1.165, 1.54) is 18.5 Å². The second-order valence-electron chi connectivity index (χ2n) is 4.13. The van der Waals surface area contributed by atoms with Crippen LogP contribution in [0, 0.1) is 12.5 Å². The zero-order valence-corrected chi connectivity index (χ0v) is 8.89. The summed E-state index contributed by atoms with van der Waals surface area (Å²) in [5.41, 5.74) is 1.30. The standard InChI is InChI=1S/C13H16N2/c1-14-10-12-6-5-9-15(11-12)13-7-3-2-4-8-13/h2-4,7-8,12H,5-6,9-11H2. The van der Waals surface area contributed by atoms with Gasteiger partial charge in [0.05, 0.1) is 0 Å². The molecule has 0 aromatic heterocycles. The Bertz CT molecular complexity index is 339. The molecule has 0 amide bonds. The number of hydrogen-bond acceptors (Lipinski definition) is 1. The predicted octanol–water partition coefficient (Wildman–Crippen LogP) is 2.82. The third-order valence-corrected chi connectivity index (χ3v) is 2.99. The van der Waals surface area contributed by atoms with E-state index in [4.69, 9.17) is 6.57 Å². The first-order valence-electron chi connectivity index (χ1n) is 5.53. The van der Waals surface area contributed by atoms with E-state index in [0.717, 1.165) is 13.1 Å². The molecule has 1 aliphatic heterocycles. The Morgan fingerprint density at radius 2 is 2.13 bits per heavy atom. The summed E-state index contributed by atoms with van der Waals surface area (Å²) in [5, 5.41) is 0. The van der Waals surface area contributed by atoms with Crippen LogP contribution >= 0.6 is 0 Å². The van der Waals surface area contributed by atoms with Gasteiger partial charge in [0.1, 0.15) is 0 Å². The number of hydrogen-bond donors (Lipinski definition) is 0. The number of para-hydroxylation sites is 1. The zero-order chi connectivity index (χ0) is 10.5. The molecule has 1 aromatic carbocycles. The van der Waals surface area contributed by atoms with Crippen LogP contribution in [0.15, 0.2) is 30.3 Å². The molecule has 0 radical (unpaired) electrons. The molecule has 1 unspecified atom stereocenters. The number of rotatable bonds is 2. The van der Waals surface area contributed by atoms with Gasteiger partial charge in [-0.15, -0.1) is 0 Å². The van der Waals surface area contributed by atoms with Crippen molar-refractivity contribution in [2.24, 2.45) is 5.92 Å². The summed E-state index contributed by atoms with van der Waals surface area (Å²) >= 11 is 0. The van der Waals surface area contributed by atoms with Crippen LogP contribution < -0.4 is 4.90 Å². The van der Waals surface area contributed by atoms with Crippen LogP contribution in [0.25, 0.3) is 4.85 Å². The van der Waals surface area contributed by atoms with E-state index in [1.807, 2.05) is 6.07 Å². The first-order chi connectivity index (χ1) is 7.40. The van der Waals surface area contributed by atoms with Gasteiger partial charge in [0.2, 0.25) is 6.54 Å². The Hall–Kier alpha value is -1.49. The summed E-state index contributed by atoms with van der Waals surface area (Å²) in [4.78, 5) is 5.91. The van der Waals surface area contributed by atoms with Crippen LogP contribution in [0.1, 0.15) is 12.8 Å². The lowest BCUT2D eigenvalue weighted by Gasteiger charge is -2.32. The van der Waals surface area contributed by atoms with Gasteiger partial charge in [-0.25, -0.2) is 6.57 Å². The largest absolute Gasteiger partial charge is 0.371 e. The fourth-order valence-corrected chi connectivity index (χ4v) is 2.22. The number of benzene rings is 1. The molecule has 1 heterocycles. The average Bonchev–Trinajstić information content (AvgIpc) is 2.31. The Balaban J connectivity index is 2.02. The highest BCUT2D eigenvalue weighted by atomic mass is 15.1. The smallest absolute Gasteiger partial charge is 0.219 e. The second kappa shape index (κ2) is 4.84. The minimum Gasteiger partial charge on any atom is -0.371 e. The third-order valence-electron chi connectivity index (χ3n) is 2.99. The minimum atomic E-state index is 0.566. The van der Waals surface area contributed by atoms with Crippen LogP contribution in [0.2, 0.25) is 0 Å². The highest BCUT2D eigenvalue weighted by molar-refractivity contribution is 5.46. The fourth-order valence-electron chi connectivity index (χ4n) is 2.22. The summed E-state index contributed by atoms with van der Waals surface area (Å²) < 4.78 is 0. The molecule has 2 heteroatoms. The van der Waals surface area contributed by atoms with Crippen molar-refractivity contribution < 1.29 is 0 Å². The molecule has 0 spiro atoms. The summed E-state index contributed by atoms with van der Waals surface area (Å²) in [5.74, 6) is 0.566. The second-order valence-corrected chi connectivity index (χ2v) is 4.13. The molecule has 2 nitrogen and oxygen atoms in total. The molecule has 15 heavy (non-hydrogen) atoms. The highest BCUT2D eigenvalue weighted by Gasteiger charge is 2.21. The summed E-state index contributed by atoms with van der Waals surface area (Å²) in [6.07, 6.45) is 2.43. The Kier molecular flexibility index (Phi) is 3.24. The molecule has 0 aliphatic carbocycles. The van der Waals surface area contributed by atoms with Gasteiger partial charge in [0.15, 0.2) is 0 Å². The Morgan fingerprint density at radius 3 is 2.87 bits per heavy atom. The Morgan fingerprint density at radius 1 is 1.33 bits per heavy atom. The molecule has 0 N–H and O–H groups in total. The predicted molar refractivity (Wildman–Crippen MR) is 62.8 cm³/mol. The normalized spacial score (nSPS) is 21.0. The molecule has 78 valence electrons. The molecule has 2 rings (SSSR count). The quantitative estimate of drug-likeness (QED) is 0.666. The summed E-state index contributed by atoms with van der Waals surface area (Å²) in [6.45, 7) is 9.79. The van der Waals surface area contributed by atoms with Crippen molar-refractivity contribution in [2.75, 3.05) is 24.5 Å². The first kappa shape index (κ1) is 10.0. The van der Waals surface area contributed by atoms with Gasteiger partial charge < -0.3 is 9.74 Å². The third kappa shape index (κ3) is 2.50. The van der Waals surface area contributed by atoms with Crippen LogP contribution in [-0.4, -0.2) is 19.6 Å². The zero-order valence-electron chi connectivity index (χ0n) is 8.89. The van der Waals surface area contributed by atoms with Gasteiger partial charge in [-0.05, 0) is 25.0 Å². The van der Waals surface area contributed by atoms with E-state index in [0.29, 0.717) is 12.5 Å². The maximum atomic E-state index is 6.92. The minimum absolute atomic E-state index is 0.566. The van der Waals surface area contributed by atoms with Gasteiger partial charge in [0, 0.05) is 24.7 Å². The van der Waals surface area contributed by atoms with E-state index in [-0.39, 0.29) is 0 Å². The fraction of sp³-hybridized carbons (Fsp3) is 0.462. The summed E-state index contributed by atoms with van der Waals surface area (Å²) in [7, 11) is 0. The van der Waals surface area contributed by atoms with E-state index in [2.05, 4.69) is 34.0 Å². The van der Waals surface area contributed by atoms with Crippen molar-refractivity contribution in [3.8, 4) is 0 Å². The lowest BCUT2D eigenvalue weighted by atomic mass is 9.98. The lowest BCUT2D eigenvalue weighted by molar-refractivity contribution is 0.439. The van der Waals surface area contributed by atoms with Crippen molar-refractivity contribution in [3.63, 3.8) is 0 Å². The molecule has 1 fully saturated rings. The number of piperidine rings is 1. The maximum Gasteiger partial charge on any atom is 0.219 e. The van der Waals surface area contributed by atoms with E-state index in [1.54, 1.807) is 0 Å². The van der Waals surface area contributed by atoms with Gasteiger partial charge in [0.25, 0.3) is 0 Å². The number of nitrogens with zero attached hydrogens (tertiary/aromatic N) is 2. The van der Waals surface area contributed by atoms with Gasteiger partial charge >= 0.3 is 0 Å². The molecule has 1 aliphatic rings. The van der Waals surface area contributed by atoms with E-state index >= 15 is 0 Å². The van der Waals surface area contributed by atoms with Crippen molar-refractivity contribution in [2.45, 2.75) is 12.8 Å². The highest BCUT2D eigenvalue weighted by Crippen LogP contribution is 2.22. The van der Waals surface area contributed by atoms with Gasteiger partial charge in [-0.3, -0.25) is 0 Å². The van der Waals surface area contributed by atoms with Gasteiger partial charge in [-0.2, -0.15) is 0 Å². The average molecular weight is 200 g/mol. The molecule has 0 saturated carbocycles. The number of anilines is 1. The molecule has 1 aromatic rings. The molecule has 1 atom stereocenters. The van der Waals surface area contributed by atoms with Crippen molar-refractivity contribution in [1.29, 1.82) is 0 Å². The Labute approximate surface area is 91.3 Å². The van der Waals surface area contributed by atoms with Crippen LogP contribution in [0.5, 0.6) is 0 Å². The molecule has 1 saturated heterocycles. The SMILES string of the molecule is [C-]#[N+]CC1CCCN(c2ccccc2)C1. The van der Waals surface area contributed by atoms with Crippen molar-refractivity contribution >= 4 is 5.69 Å². The molecular formula is C13H16N2. The first-order valence-corrected chi connectivity index (χ1v) is 5.53. The molecular weight excluding hydrogens is 184 g/mol. The summed E-state index contributed by atoms with van der Waals surface area (Å²) in [6, 6.07) is 10.5. The molecule has 0 bridgehead atoms. The van der Waals surface area contributed by atoms with Crippen LogP contribution in [-0.2, 0) is 0 Å². The van der Waals surface area contributed by atoms with Crippen molar-refractivity contribution in [1.82, 2.24) is 0 Å². The monoisotopic (exact) mass is 200 g/mol.